The summed E-state index contributed by atoms with van der Waals surface area (Å²) in [6, 6.07) is 5.82. The maximum atomic E-state index is 13.0. The van der Waals surface area contributed by atoms with Gasteiger partial charge in [-0.2, -0.15) is 0 Å². The van der Waals surface area contributed by atoms with Crippen LogP contribution in [-0.2, 0) is 22.4 Å². The smallest absolute Gasteiger partial charge is 0.261 e. The average molecular weight is 355 g/mol. The first-order valence-electron chi connectivity index (χ1n) is 8.44. The second kappa shape index (κ2) is 5.72. The van der Waals surface area contributed by atoms with Crippen LogP contribution in [0.25, 0.3) is 21.3 Å². The van der Waals surface area contributed by atoms with Gasteiger partial charge in [0.25, 0.3) is 5.56 Å². The van der Waals surface area contributed by atoms with Crippen molar-refractivity contribution in [3.63, 3.8) is 0 Å². The summed E-state index contributed by atoms with van der Waals surface area (Å²) in [5, 5.41) is 0.654. The number of aryl methyl sites for hydroxylation is 1. The number of hydrogen-bond donors (Lipinski definition) is 0. The van der Waals surface area contributed by atoms with E-state index in [-0.39, 0.29) is 5.56 Å². The number of thiazole rings is 1. The maximum absolute atomic E-state index is 13.0. The van der Waals surface area contributed by atoms with Crippen LogP contribution < -0.4 is 5.56 Å². The number of ether oxygens (including phenoxy) is 2. The van der Waals surface area contributed by atoms with Gasteiger partial charge in [-0.3, -0.25) is 14.3 Å². The summed E-state index contributed by atoms with van der Waals surface area (Å²) in [6.45, 7) is 1.82. The number of benzene rings is 1. The zero-order valence-electron chi connectivity index (χ0n) is 13.6. The summed E-state index contributed by atoms with van der Waals surface area (Å²) in [6.07, 6.45) is 3.93. The summed E-state index contributed by atoms with van der Waals surface area (Å²) in [7, 11) is 0. The highest BCUT2D eigenvalue weighted by Crippen LogP contribution is 2.32. The predicted molar refractivity (Wildman–Crippen MR) is 94.7 cm³/mol. The molecule has 1 fully saturated rings. The molecule has 0 N–H and O–H groups in total. The van der Waals surface area contributed by atoms with Gasteiger partial charge in [-0.15, -0.1) is 11.3 Å². The van der Waals surface area contributed by atoms with E-state index in [1.807, 2.05) is 24.4 Å². The highest BCUT2D eigenvalue weighted by molar-refractivity contribution is 7.13. The number of fused-ring (bicyclic) bond motifs is 2. The zero-order valence-corrected chi connectivity index (χ0v) is 14.4. The molecule has 2 aromatic heterocycles. The van der Waals surface area contributed by atoms with Crippen LogP contribution in [0.4, 0.5) is 0 Å². The molecule has 1 aromatic carbocycles. The molecule has 25 heavy (non-hydrogen) atoms. The van der Waals surface area contributed by atoms with Crippen LogP contribution in [0.1, 0.15) is 18.7 Å². The van der Waals surface area contributed by atoms with E-state index in [0.717, 1.165) is 28.2 Å². The third kappa shape index (κ3) is 2.50. The summed E-state index contributed by atoms with van der Waals surface area (Å²) in [5.74, 6) is 0.273. The molecule has 6 nitrogen and oxygen atoms in total. The first kappa shape index (κ1) is 15.2. The van der Waals surface area contributed by atoms with Crippen LogP contribution >= 0.6 is 11.3 Å². The Morgan fingerprint density at radius 1 is 1.20 bits per heavy atom. The monoisotopic (exact) mass is 355 g/mol. The van der Waals surface area contributed by atoms with E-state index < -0.39 is 5.79 Å². The van der Waals surface area contributed by atoms with Gasteiger partial charge in [0.05, 0.1) is 34.5 Å². The van der Waals surface area contributed by atoms with Crippen molar-refractivity contribution in [1.82, 2.24) is 14.5 Å². The molecular weight excluding hydrogens is 338 g/mol. The second-order valence-electron chi connectivity index (χ2n) is 6.44. The summed E-state index contributed by atoms with van der Waals surface area (Å²) < 4.78 is 13.4. The Hall–Kier alpha value is -2.09. The number of hydrogen-bond acceptors (Lipinski definition) is 6. The topological polar surface area (TPSA) is 66.2 Å². The molecule has 0 radical (unpaired) electrons. The molecule has 7 heteroatoms. The van der Waals surface area contributed by atoms with E-state index >= 15 is 0 Å². The van der Waals surface area contributed by atoms with Gasteiger partial charge in [0.15, 0.2) is 5.79 Å². The van der Waals surface area contributed by atoms with Crippen molar-refractivity contribution in [2.24, 2.45) is 0 Å². The summed E-state index contributed by atoms with van der Waals surface area (Å²) in [5.41, 5.74) is 3.61. The van der Waals surface area contributed by atoms with E-state index in [9.17, 15) is 4.79 Å². The molecule has 0 unspecified atom stereocenters. The van der Waals surface area contributed by atoms with Gasteiger partial charge >= 0.3 is 0 Å². The minimum atomic E-state index is -0.542. The van der Waals surface area contributed by atoms with Crippen molar-refractivity contribution < 1.29 is 9.47 Å². The number of rotatable bonds is 1. The lowest BCUT2D eigenvalue weighted by Crippen LogP contribution is -2.31. The first-order valence-corrected chi connectivity index (χ1v) is 9.32. The molecule has 1 spiro atoms. The van der Waals surface area contributed by atoms with Crippen molar-refractivity contribution in [2.45, 2.75) is 31.6 Å². The molecule has 2 aliphatic rings. The Morgan fingerprint density at radius 2 is 2.08 bits per heavy atom. The number of aromatic nitrogens is 3. The maximum Gasteiger partial charge on any atom is 0.261 e. The minimum Gasteiger partial charge on any atom is -0.347 e. The lowest BCUT2D eigenvalue weighted by Gasteiger charge is -2.24. The molecule has 128 valence electrons. The molecule has 0 atom stereocenters. The standard InChI is InChI=1S/C18H17N3O3S/c22-17-13-2-1-12(15-10-19-11-25-15)9-14(13)20-16-3-4-18(5-6-21(16)17)23-7-8-24-18/h1-2,9-11H,3-8H2. The lowest BCUT2D eigenvalue weighted by molar-refractivity contribution is -0.165. The van der Waals surface area contributed by atoms with Gasteiger partial charge in [-0.05, 0) is 17.7 Å². The Bertz CT molecular complexity index is 991. The van der Waals surface area contributed by atoms with Crippen LogP contribution in [0, 0.1) is 0 Å². The molecule has 0 bridgehead atoms. The third-order valence-electron chi connectivity index (χ3n) is 5.01. The predicted octanol–water partition coefficient (Wildman–Crippen LogP) is 2.60. The molecule has 1 saturated heterocycles. The van der Waals surface area contributed by atoms with Crippen molar-refractivity contribution >= 4 is 22.2 Å². The molecule has 5 rings (SSSR count). The van der Waals surface area contributed by atoms with Crippen LogP contribution in [0.15, 0.2) is 34.7 Å². The van der Waals surface area contributed by atoms with E-state index in [2.05, 4.69) is 4.98 Å². The van der Waals surface area contributed by atoms with Gasteiger partial charge in [-0.25, -0.2) is 4.98 Å². The average Bonchev–Trinajstić information content (AvgIpc) is 3.28. The fourth-order valence-corrected chi connectivity index (χ4v) is 4.32. The summed E-state index contributed by atoms with van der Waals surface area (Å²) >= 11 is 1.58. The fourth-order valence-electron chi connectivity index (χ4n) is 3.70. The Kier molecular flexibility index (Phi) is 3.48. The molecule has 0 amide bonds. The third-order valence-corrected chi connectivity index (χ3v) is 5.83. The molecule has 2 aliphatic heterocycles. The van der Waals surface area contributed by atoms with E-state index in [0.29, 0.717) is 38.0 Å². The zero-order chi connectivity index (χ0) is 16.9. The first-order chi connectivity index (χ1) is 12.2. The van der Waals surface area contributed by atoms with Crippen molar-refractivity contribution in [3.8, 4) is 10.4 Å². The van der Waals surface area contributed by atoms with Crippen molar-refractivity contribution in [3.05, 3.63) is 46.1 Å². The fraction of sp³-hybridized carbons (Fsp3) is 0.389. The van der Waals surface area contributed by atoms with Crippen LogP contribution in [0.2, 0.25) is 0 Å². The quantitative estimate of drug-likeness (QED) is 0.671. The summed E-state index contributed by atoms with van der Waals surface area (Å²) in [4.78, 5) is 23.0. The molecular formula is C18H17N3O3S. The SMILES string of the molecule is O=c1c2ccc(-c3cncs3)cc2nc2n1CCC1(CC2)OCCO1. The highest BCUT2D eigenvalue weighted by Gasteiger charge is 2.38. The normalized spacial score (nSPS) is 19.2. The van der Waals surface area contributed by atoms with Crippen molar-refractivity contribution in [2.75, 3.05) is 13.2 Å². The van der Waals surface area contributed by atoms with Crippen LogP contribution in [0.5, 0.6) is 0 Å². The van der Waals surface area contributed by atoms with Gasteiger partial charge in [-0.1, -0.05) is 6.07 Å². The van der Waals surface area contributed by atoms with Gasteiger partial charge < -0.3 is 9.47 Å². The van der Waals surface area contributed by atoms with Gasteiger partial charge in [0.1, 0.15) is 5.82 Å². The Morgan fingerprint density at radius 3 is 2.88 bits per heavy atom. The van der Waals surface area contributed by atoms with E-state index in [1.165, 1.54) is 0 Å². The highest BCUT2D eigenvalue weighted by atomic mass is 32.1. The number of nitrogens with zero attached hydrogens (tertiary/aromatic N) is 3. The molecule has 0 saturated carbocycles. The Labute approximate surface area is 148 Å². The van der Waals surface area contributed by atoms with E-state index in [1.54, 1.807) is 21.4 Å². The van der Waals surface area contributed by atoms with Crippen molar-refractivity contribution in [1.29, 1.82) is 0 Å². The van der Waals surface area contributed by atoms with E-state index in [4.69, 9.17) is 14.5 Å². The van der Waals surface area contributed by atoms with Gasteiger partial charge in [0, 0.05) is 32.0 Å². The van der Waals surface area contributed by atoms with Crippen LogP contribution in [-0.4, -0.2) is 33.5 Å². The molecule has 3 aromatic rings. The molecule has 0 aliphatic carbocycles. The minimum absolute atomic E-state index is 0.0194. The van der Waals surface area contributed by atoms with Gasteiger partial charge in [0.2, 0.25) is 0 Å². The lowest BCUT2D eigenvalue weighted by atomic mass is 10.1. The second-order valence-corrected chi connectivity index (χ2v) is 7.33. The largest absolute Gasteiger partial charge is 0.347 e. The molecule has 4 heterocycles. The van der Waals surface area contributed by atoms with Crippen LogP contribution in [0.3, 0.4) is 0 Å². The Balaban J connectivity index is 1.60.